The van der Waals surface area contributed by atoms with E-state index in [4.69, 9.17) is 9.47 Å². The zero-order chi connectivity index (χ0) is 24.0. The molecule has 2 aromatic rings. The maximum Gasteiger partial charge on any atom is 0.341 e. The van der Waals surface area contributed by atoms with Crippen LogP contribution in [-0.4, -0.2) is 50.5 Å². The van der Waals surface area contributed by atoms with Crippen molar-refractivity contribution < 1.29 is 23.9 Å². The lowest BCUT2D eigenvalue weighted by atomic mass is 10.1. The van der Waals surface area contributed by atoms with Crippen LogP contribution in [0.25, 0.3) is 6.08 Å². The highest BCUT2D eigenvalue weighted by Gasteiger charge is 2.27. The molecule has 1 aromatic heterocycles. The molecule has 0 aliphatic rings. The van der Waals surface area contributed by atoms with Gasteiger partial charge in [0, 0.05) is 24.1 Å². The molecule has 0 radical (unpaired) electrons. The lowest BCUT2D eigenvalue weighted by Crippen LogP contribution is -2.21. The van der Waals surface area contributed by atoms with Crippen molar-refractivity contribution in [3.8, 4) is 11.8 Å². The summed E-state index contributed by atoms with van der Waals surface area (Å²) in [5.74, 6) is -1.23. The second kappa shape index (κ2) is 10.9. The maximum atomic E-state index is 12.9. The molecule has 0 saturated carbocycles. The van der Waals surface area contributed by atoms with Crippen molar-refractivity contribution in [1.29, 1.82) is 5.26 Å². The van der Waals surface area contributed by atoms with Crippen molar-refractivity contribution in [1.82, 2.24) is 4.90 Å². The van der Waals surface area contributed by atoms with Gasteiger partial charge in [-0.25, -0.2) is 4.79 Å². The Kier molecular flexibility index (Phi) is 8.57. The van der Waals surface area contributed by atoms with Gasteiger partial charge in [0.2, 0.25) is 0 Å². The van der Waals surface area contributed by atoms with Crippen LogP contribution in [-0.2, 0) is 9.53 Å². The summed E-state index contributed by atoms with van der Waals surface area (Å²) in [5.41, 5.74) is 0.799. The number of amides is 2. The van der Waals surface area contributed by atoms with E-state index in [-0.39, 0.29) is 22.0 Å². The number of carbonyl (C=O) groups is 3. The highest BCUT2D eigenvalue weighted by Crippen LogP contribution is 2.35. The number of thiophene rings is 1. The van der Waals surface area contributed by atoms with Crippen LogP contribution in [0.3, 0.4) is 0 Å². The number of esters is 1. The van der Waals surface area contributed by atoms with Gasteiger partial charge in [-0.1, -0.05) is 15.9 Å². The molecular weight excluding hydrogens is 498 g/mol. The van der Waals surface area contributed by atoms with Crippen LogP contribution >= 0.6 is 27.3 Å². The number of benzene rings is 1. The van der Waals surface area contributed by atoms with Crippen molar-refractivity contribution in [2.45, 2.75) is 13.8 Å². The molecule has 8 nitrogen and oxygen atoms in total. The van der Waals surface area contributed by atoms with Gasteiger partial charge in [0.1, 0.15) is 22.4 Å². The minimum atomic E-state index is -0.731. The van der Waals surface area contributed by atoms with Gasteiger partial charge in [-0.2, -0.15) is 5.26 Å². The highest BCUT2D eigenvalue weighted by atomic mass is 79.9. The van der Waals surface area contributed by atoms with Crippen LogP contribution in [0.15, 0.2) is 28.2 Å². The zero-order valence-electron chi connectivity index (χ0n) is 18.2. The number of carbonyl (C=O) groups excluding carboxylic acids is 3. The predicted octanol–water partition coefficient (Wildman–Crippen LogP) is 4.25. The van der Waals surface area contributed by atoms with Gasteiger partial charge in [0.05, 0.1) is 24.2 Å². The van der Waals surface area contributed by atoms with Gasteiger partial charge in [-0.05, 0) is 43.7 Å². The van der Waals surface area contributed by atoms with Gasteiger partial charge in [-0.15, -0.1) is 11.3 Å². The highest BCUT2D eigenvalue weighted by molar-refractivity contribution is 9.10. The number of ether oxygens (including phenoxy) is 2. The zero-order valence-corrected chi connectivity index (χ0v) is 20.6. The van der Waals surface area contributed by atoms with E-state index >= 15 is 0 Å². The summed E-state index contributed by atoms with van der Waals surface area (Å²) in [6.45, 7) is 3.84. The lowest BCUT2D eigenvalue weighted by Gasteiger charge is -2.09. The van der Waals surface area contributed by atoms with Gasteiger partial charge in [0.15, 0.2) is 0 Å². The molecule has 1 N–H and O–H groups in total. The van der Waals surface area contributed by atoms with Gasteiger partial charge >= 0.3 is 5.97 Å². The molecule has 2 rings (SSSR count). The molecule has 0 unspecified atom stereocenters. The second-order valence-corrected chi connectivity index (χ2v) is 8.63. The molecule has 0 aliphatic heterocycles. The van der Waals surface area contributed by atoms with E-state index in [0.29, 0.717) is 28.4 Å². The first-order chi connectivity index (χ1) is 15.1. The normalized spacial score (nSPS) is 10.8. The first-order valence-corrected chi connectivity index (χ1v) is 11.0. The molecule has 0 spiro atoms. The number of nitrogens with one attached hydrogen (secondary N) is 1. The fraction of sp³-hybridized carbons (Fsp3) is 0.273. The third-order valence-corrected chi connectivity index (χ3v) is 5.99. The first kappa shape index (κ1) is 25.1. The Bertz CT molecular complexity index is 1130. The van der Waals surface area contributed by atoms with Crippen molar-refractivity contribution in [3.05, 3.63) is 49.8 Å². The Labute approximate surface area is 198 Å². The predicted molar refractivity (Wildman–Crippen MR) is 126 cm³/mol. The molecule has 0 fully saturated rings. The molecular formula is C22H22BrN3O5S. The largest absolute Gasteiger partial charge is 0.493 e. The van der Waals surface area contributed by atoms with Crippen LogP contribution < -0.4 is 10.1 Å². The Morgan fingerprint density at radius 3 is 2.56 bits per heavy atom. The van der Waals surface area contributed by atoms with Crippen molar-refractivity contribution >= 4 is 56.1 Å². The van der Waals surface area contributed by atoms with E-state index in [1.54, 1.807) is 39.2 Å². The fourth-order valence-electron chi connectivity index (χ4n) is 2.75. The Morgan fingerprint density at radius 2 is 2.00 bits per heavy atom. The summed E-state index contributed by atoms with van der Waals surface area (Å²) in [6, 6.07) is 7.11. The smallest absolute Gasteiger partial charge is 0.341 e. The van der Waals surface area contributed by atoms with E-state index in [1.807, 2.05) is 13.0 Å². The maximum absolute atomic E-state index is 12.9. The third-order valence-electron chi connectivity index (χ3n) is 4.30. The van der Waals surface area contributed by atoms with E-state index < -0.39 is 11.9 Å². The average Bonchev–Trinajstić information content (AvgIpc) is 3.07. The quantitative estimate of drug-likeness (QED) is 0.332. The Hall–Kier alpha value is -3.16. The lowest BCUT2D eigenvalue weighted by molar-refractivity contribution is -0.112. The number of halogens is 1. The number of rotatable bonds is 7. The minimum absolute atomic E-state index is 0.0748. The molecule has 0 atom stereocenters. The molecule has 168 valence electrons. The summed E-state index contributed by atoms with van der Waals surface area (Å²) in [7, 11) is 4.38. The summed E-state index contributed by atoms with van der Waals surface area (Å²) in [4.78, 5) is 39.4. The van der Waals surface area contributed by atoms with E-state index in [0.717, 1.165) is 15.8 Å². The Morgan fingerprint density at radius 1 is 1.31 bits per heavy atom. The topological polar surface area (TPSA) is 109 Å². The molecule has 0 bridgehead atoms. The number of hydrogen-bond donors (Lipinski definition) is 1. The van der Waals surface area contributed by atoms with Crippen molar-refractivity contribution in [3.63, 3.8) is 0 Å². The van der Waals surface area contributed by atoms with Crippen LogP contribution in [0.1, 0.15) is 38.1 Å². The van der Waals surface area contributed by atoms with Gasteiger partial charge in [-0.3, -0.25) is 9.59 Å². The number of nitrogens with zero attached hydrogens (tertiary/aromatic N) is 2. The van der Waals surface area contributed by atoms with Crippen LogP contribution in [0, 0.1) is 18.3 Å². The number of anilines is 1. The SMILES string of the molecule is CCOc1ccc(Br)cc1/C=C(\C#N)C(=O)Nc1sc(C(=O)N(C)C)c(C)c1C(=O)OC. The van der Waals surface area contributed by atoms with E-state index in [9.17, 15) is 19.6 Å². The summed E-state index contributed by atoms with van der Waals surface area (Å²) < 4.78 is 11.1. The number of hydrogen-bond acceptors (Lipinski definition) is 7. The monoisotopic (exact) mass is 519 g/mol. The molecule has 1 heterocycles. The molecule has 10 heteroatoms. The first-order valence-electron chi connectivity index (χ1n) is 9.43. The van der Waals surface area contributed by atoms with E-state index in [1.165, 1.54) is 18.1 Å². The van der Waals surface area contributed by atoms with Crippen LogP contribution in [0.2, 0.25) is 0 Å². The van der Waals surface area contributed by atoms with Crippen molar-refractivity contribution in [2.24, 2.45) is 0 Å². The molecule has 1 aromatic carbocycles. The number of nitriles is 1. The second-order valence-electron chi connectivity index (χ2n) is 6.69. The van der Waals surface area contributed by atoms with E-state index in [2.05, 4.69) is 21.2 Å². The molecule has 0 aliphatic carbocycles. The van der Waals surface area contributed by atoms with Gasteiger partial charge in [0.25, 0.3) is 11.8 Å². The number of methoxy groups -OCH3 is 1. The van der Waals surface area contributed by atoms with Crippen LogP contribution in [0.5, 0.6) is 5.75 Å². The summed E-state index contributed by atoms with van der Waals surface area (Å²) >= 11 is 4.32. The summed E-state index contributed by atoms with van der Waals surface area (Å²) in [5, 5.41) is 12.3. The third kappa shape index (κ3) is 5.55. The standard InChI is InChI=1S/C22H22BrN3O5S/c1-6-31-16-8-7-15(23)10-13(16)9-14(11-24)19(27)25-20-17(22(29)30-5)12(2)18(32-20)21(28)26(3)4/h7-10H,6H2,1-5H3,(H,25,27)/b14-9+. The molecule has 32 heavy (non-hydrogen) atoms. The minimum Gasteiger partial charge on any atom is -0.493 e. The molecule has 0 saturated heterocycles. The van der Waals surface area contributed by atoms with Crippen LogP contribution in [0.4, 0.5) is 5.00 Å². The molecule has 2 amide bonds. The van der Waals surface area contributed by atoms with Crippen molar-refractivity contribution in [2.75, 3.05) is 33.1 Å². The fourth-order valence-corrected chi connectivity index (χ4v) is 4.34. The van der Waals surface area contributed by atoms with Gasteiger partial charge < -0.3 is 19.7 Å². The summed E-state index contributed by atoms with van der Waals surface area (Å²) in [6.07, 6.45) is 1.40. The Balaban J connectivity index is 2.49. The average molecular weight is 520 g/mol.